The number of urea groups is 1. The van der Waals surface area contributed by atoms with Gasteiger partial charge in [0, 0.05) is 37.8 Å². The molecule has 142 valence electrons. The van der Waals surface area contributed by atoms with E-state index in [1.54, 1.807) is 0 Å². The molecule has 1 aromatic rings. The molecule has 2 amide bonds. The highest BCUT2D eigenvalue weighted by molar-refractivity contribution is 5.75. The number of nitrogens with one attached hydrogen (secondary N) is 1. The zero-order valence-corrected chi connectivity index (χ0v) is 15.4. The van der Waals surface area contributed by atoms with E-state index in [2.05, 4.69) is 5.32 Å². The molecule has 5 heteroatoms. The molecule has 2 saturated heterocycles. The van der Waals surface area contributed by atoms with Gasteiger partial charge in [0.25, 0.3) is 0 Å². The van der Waals surface area contributed by atoms with Gasteiger partial charge in [0.05, 0.1) is 5.60 Å². The third-order valence-corrected chi connectivity index (χ3v) is 6.56. The fourth-order valence-corrected chi connectivity index (χ4v) is 5.12. The molecule has 0 spiro atoms. The Morgan fingerprint density at radius 2 is 1.85 bits per heavy atom. The number of carbonyl (C=O) groups excluding carboxylic acids is 1. The second-order valence-electron chi connectivity index (χ2n) is 8.03. The van der Waals surface area contributed by atoms with Crippen molar-refractivity contribution >= 4 is 6.03 Å². The van der Waals surface area contributed by atoms with Crippen molar-refractivity contribution in [3.8, 4) is 0 Å². The molecule has 3 atom stereocenters. The molecular formula is C21H30N2O3. The van der Waals surface area contributed by atoms with Crippen molar-refractivity contribution in [3.05, 3.63) is 35.9 Å². The van der Waals surface area contributed by atoms with Crippen molar-refractivity contribution in [1.29, 1.82) is 0 Å². The SMILES string of the molecule is O=C(NC1CCOCC1)N1CC[C@@](O)(c2ccccc2)[C@H]2CCCC[C@H]21. The molecule has 0 bridgehead atoms. The first kappa shape index (κ1) is 17.8. The molecule has 3 fully saturated rings. The van der Waals surface area contributed by atoms with E-state index in [1.807, 2.05) is 35.2 Å². The van der Waals surface area contributed by atoms with Gasteiger partial charge in [0.15, 0.2) is 0 Å². The molecule has 5 nitrogen and oxygen atoms in total. The molecule has 0 aromatic heterocycles. The van der Waals surface area contributed by atoms with Gasteiger partial charge < -0.3 is 20.1 Å². The topological polar surface area (TPSA) is 61.8 Å². The summed E-state index contributed by atoms with van der Waals surface area (Å²) in [5.74, 6) is 0.118. The molecular weight excluding hydrogens is 328 g/mol. The van der Waals surface area contributed by atoms with Gasteiger partial charge in [-0.15, -0.1) is 0 Å². The summed E-state index contributed by atoms with van der Waals surface area (Å²) in [6.45, 7) is 2.07. The molecule has 0 radical (unpaired) electrons. The average molecular weight is 358 g/mol. The van der Waals surface area contributed by atoms with Crippen molar-refractivity contribution in [3.63, 3.8) is 0 Å². The second-order valence-corrected chi connectivity index (χ2v) is 8.03. The molecule has 2 heterocycles. The maximum absolute atomic E-state index is 13.0. The molecule has 0 unspecified atom stereocenters. The highest BCUT2D eigenvalue weighted by Crippen LogP contribution is 2.46. The van der Waals surface area contributed by atoms with Crippen LogP contribution >= 0.6 is 0 Å². The van der Waals surface area contributed by atoms with Crippen LogP contribution in [0.1, 0.15) is 50.5 Å². The number of aliphatic hydroxyl groups is 1. The molecule has 1 saturated carbocycles. The molecule has 4 rings (SSSR count). The number of likely N-dealkylation sites (tertiary alicyclic amines) is 1. The van der Waals surface area contributed by atoms with E-state index in [9.17, 15) is 9.90 Å². The maximum Gasteiger partial charge on any atom is 0.317 e. The van der Waals surface area contributed by atoms with E-state index in [4.69, 9.17) is 4.74 Å². The van der Waals surface area contributed by atoms with Gasteiger partial charge in [-0.1, -0.05) is 43.2 Å². The number of ether oxygens (including phenoxy) is 1. The van der Waals surface area contributed by atoms with E-state index in [0.717, 1.165) is 57.3 Å². The molecule has 26 heavy (non-hydrogen) atoms. The number of nitrogens with zero attached hydrogens (tertiary/aromatic N) is 1. The third kappa shape index (κ3) is 3.35. The number of hydrogen-bond acceptors (Lipinski definition) is 3. The van der Waals surface area contributed by atoms with E-state index in [0.29, 0.717) is 13.0 Å². The van der Waals surface area contributed by atoms with Crippen molar-refractivity contribution in [2.75, 3.05) is 19.8 Å². The first-order valence-corrected chi connectivity index (χ1v) is 10.1. The minimum Gasteiger partial charge on any atom is -0.385 e. The standard InChI is InChI=1S/C21H30N2O3/c24-20(22-17-10-14-26-15-11-17)23-13-12-21(25,16-6-2-1-3-7-16)18-8-4-5-9-19(18)23/h1-3,6-7,17-19,25H,4-5,8-15H2,(H,22,24)/t18-,19+,21+/m0/s1. The maximum atomic E-state index is 13.0. The van der Waals surface area contributed by atoms with Gasteiger partial charge in [-0.05, 0) is 37.7 Å². The van der Waals surface area contributed by atoms with Crippen LogP contribution in [0.2, 0.25) is 0 Å². The quantitative estimate of drug-likeness (QED) is 0.854. The number of amides is 2. The predicted octanol–water partition coefficient (Wildman–Crippen LogP) is 3.03. The monoisotopic (exact) mass is 358 g/mol. The van der Waals surface area contributed by atoms with Crippen LogP contribution in [-0.2, 0) is 10.3 Å². The summed E-state index contributed by atoms with van der Waals surface area (Å²) >= 11 is 0. The van der Waals surface area contributed by atoms with Crippen molar-refractivity contribution in [2.24, 2.45) is 5.92 Å². The van der Waals surface area contributed by atoms with Crippen LogP contribution in [0, 0.1) is 5.92 Å². The second kappa shape index (κ2) is 7.57. The van der Waals surface area contributed by atoms with Crippen molar-refractivity contribution in [1.82, 2.24) is 10.2 Å². The number of fused-ring (bicyclic) bond motifs is 1. The summed E-state index contributed by atoms with van der Waals surface area (Å²) in [7, 11) is 0. The van der Waals surface area contributed by atoms with Crippen LogP contribution in [0.25, 0.3) is 0 Å². The van der Waals surface area contributed by atoms with Crippen LogP contribution in [-0.4, -0.2) is 47.9 Å². The molecule has 1 aliphatic carbocycles. The molecule has 3 aliphatic rings. The number of rotatable bonds is 2. The van der Waals surface area contributed by atoms with E-state index in [1.165, 1.54) is 0 Å². The molecule has 1 aromatic carbocycles. The Balaban J connectivity index is 1.52. The summed E-state index contributed by atoms with van der Waals surface area (Å²) in [4.78, 5) is 15.0. The smallest absolute Gasteiger partial charge is 0.317 e. The van der Waals surface area contributed by atoms with Gasteiger partial charge >= 0.3 is 6.03 Å². The summed E-state index contributed by atoms with van der Waals surface area (Å²) < 4.78 is 5.39. The Morgan fingerprint density at radius 3 is 2.62 bits per heavy atom. The molecule has 2 N–H and O–H groups in total. The Labute approximate surface area is 155 Å². The predicted molar refractivity (Wildman–Crippen MR) is 99.8 cm³/mol. The number of hydrogen-bond donors (Lipinski definition) is 2. The Bertz CT molecular complexity index is 617. The van der Waals surface area contributed by atoms with Crippen LogP contribution in [0.5, 0.6) is 0 Å². The lowest BCUT2D eigenvalue weighted by Gasteiger charge is -2.52. The zero-order chi connectivity index (χ0) is 18.0. The van der Waals surface area contributed by atoms with Gasteiger partial charge in [-0.25, -0.2) is 4.79 Å². The van der Waals surface area contributed by atoms with Gasteiger partial charge in [-0.3, -0.25) is 0 Å². The first-order valence-electron chi connectivity index (χ1n) is 10.1. The van der Waals surface area contributed by atoms with Crippen LogP contribution in [0.4, 0.5) is 4.79 Å². The summed E-state index contributed by atoms with van der Waals surface area (Å²) in [5, 5.41) is 14.8. The Morgan fingerprint density at radius 1 is 1.12 bits per heavy atom. The van der Waals surface area contributed by atoms with E-state index in [-0.39, 0.29) is 24.0 Å². The van der Waals surface area contributed by atoms with Gasteiger partial charge in [-0.2, -0.15) is 0 Å². The number of benzene rings is 1. The van der Waals surface area contributed by atoms with Gasteiger partial charge in [0.2, 0.25) is 0 Å². The lowest BCUT2D eigenvalue weighted by molar-refractivity contribution is -0.109. The highest BCUT2D eigenvalue weighted by atomic mass is 16.5. The minimum absolute atomic E-state index is 0.0453. The Hall–Kier alpha value is -1.59. The van der Waals surface area contributed by atoms with E-state index >= 15 is 0 Å². The normalized spacial score (nSPS) is 32.7. The van der Waals surface area contributed by atoms with Crippen molar-refractivity contribution < 1.29 is 14.6 Å². The van der Waals surface area contributed by atoms with Crippen LogP contribution in [0.15, 0.2) is 30.3 Å². The lowest BCUT2D eigenvalue weighted by atomic mass is 9.66. The lowest BCUT2D eigenvalue weighted by Crippen LogP contribution is -2.61. The highest BCUT2D eigenvalue weighted by Gasteiger charge is 2.50. The van der Waals surface area contributed by atoms with Crippen LogP contribution in [0.3, 0.4) is 0 Å². The fourth-order valence-electron chi connectivity index (χ4n) is 5.12. The summed E-state index contributed by atoms with van der Waals surface area (Å²) in [6.07, 6.45) is 6.62. The van der Waals surface area contributed by atoms with Crippen molar-refractivity contribution in [2.45, 2.75) is 62.6 Å². The van der Waals surface area contributed by atoms with Crippen LogP contribution < -0.4 is 5.32 Å². The molecule has 2 aliphatic heterocycles. The van der Waals surface area contributed by atoms with E-state index < -0.39 is 5.60 Å². The summed E-state index contributed by atoms with van der Waals surface area (Å²) in [5.41, 5.74) is 0.184. The number of carbonyl (C=O) groups is 1. The zero-order valence-electron chi connectivity index (χ0n) is 15.4. The number of piperidine rings is 1. The average Bonchev–Trinajstić information content (AvgIpc) is 2.70. The Kier molecular flexibility index (Phi) is 5.18. The minimum atomic E-state index is -0.818. The fraction of sp³-hybridized carbons (Fsp3) is 0.667. The van der Waals surface area contributed by atoms with Gasteiger partial charge in [0.1, 0.15) is 0 Å². The third-order valence-electron chi connectivity index (χ3n) is 6.56. The first-order chi connectivity index (χ1) is 12.7. The largest absolute Gasteiger partial charge is 0.385 e. The summed E-state index contributed by atoms with van der Waals surface area (Å²) in [6, 6.07) is 10.4.